The zero-order valence-electron chi connectivity index (χ0n) is 87.2. The number of fused-ring (bicyclic) bond motifs is 7. The number of aliphatic hydroxyl groups is 7. The summed E-state index contributed by atoms with van der Waals surface area (Å²) in [5, 5.41) is 67.8. The molecule has 13 unspecified atom stereocenters. The van der Waals surface area contributed by atoms with Crippen LogP contribution in [0.3, 0.4) is 0 Å². The highest BCUT2D eigenvalue weighted by Crippen LogP contribution is 2.49. The third-order valence-electron chi connectivity index (χ3n) is 26.4. The Kier molecular flexibility index (Phi) is 37.4. The van der Waals surface area contributed by atoms with Crippen molar-refractivity contribution in [1.29, 1.82) is 0 Å². The maximum absolute atomic E-state index is 11.6. The van der Waals surface area contributed by atoms with Gasteiger partial charge in [-0.05, 0) is 96.9 Å². The van der Waals surface area contributed by atoms with Crippen molar-refractivity contribution in [3.05, 3.63) is 25.3 Å². The number of carbonyl (C=O) groups excluding carboxylic acids is 6. The summed E-state index contributed by atoms with van der Waals surface area (Å²) in [6, 6.07) is 0. The molecule has 50 nitrogen and oxygen atoms in total. The van der Waals surface area contributed by atoms with Crippen LogP contribution in [0.1, 0.15) is 186 Å². The fourth-order valence-electron chi connectivity index (χ4n) is 19.5. The zero-order valence-corrected chi connectivity index (χ0v) is 87.2. The van der Waals surface area contributed by atoms with Gasteiger partial charge in [0.2, 0.25) is 6.29 Å². The van der Waals surface area contributed by atoms with Crippen LogP contribution in [0.4, 0.5) is 11.6 Å². The Labute approximate surface area is 855 Å². The van der Waals surface area contributed by atoms with Crippen LogP contribution in [0.15, 0.2) is 25.3 Å². The fourth-order valence-corrected chi connectivity index (χ4v) is 19.5. The number of carbonyl (C=O) groups is 6. The van der Waals surface area contributed by atoms with Crippen molar-refractivity contribution in [2.24, 2.45) is 35.5 Å². The summed E-state index contributed by atoms with van der Waals surface area (Å²) < 4.78 is 153. The third kappa shape index (κ3) is 27.2. The number of hydrogen-bond acceptors (Lipinski definition) is 48. The molecule has 0 aromatic carbocycles. The fraction of sp³-hybridized carbons (Fsp3) is 0.755. The standard InChI is InChI=1S/C17H19N5O5.C14H18O7.C13H22O5.C12H13N5O4.C12H20O6.C11H16O4.C10H18O5.C9H14O4/c1-5-11(25-9(3)23)13-8(2)14(26-10(4)24)17(27-13)22-7-21-12-15(18)19-6-20-16(12)22;1-6-11(18-8(3)15)12-7(2)13(19-9(4)16)14(21-12)20-10(5)17;1-7-9(8-6-14-12(2,3)16-8)15-11-10(7)17-13(4,5)18-11;1-2-5(18)9-7(19)8(20)12(21-9)17-4-16-6-10(13)14-3-15-11(6)17;1-11(2)14-5-6(16-11)8-7(13)9-10(15-8)18-12(3,4)17-9;1-5-7(12)8-6(2)9-10(13-8)15-11(3,4)14-9;1-5-7(6(12)4-11)13-9-8(5)14-10(2,3)15-9;1-5-6(4-10)11-8-7(5)12-9(2,3)13-8/h1,6-8,11,13-14,17H,2-4H3,(H2,18,19,20);1,7,11-14H,2-5H3;7-11H,6H2,1-5H3;1,3-5,7-9,12,18-20H,(H2,13,14,15);6-10,13H,5H2,1-4H3;1,6-10,12H,2-4H3;5-9,11-12H,4H2,1-3H3;4-8H,1-3H3/t8-,11?,13-,14+,17+;7-,11?,12-,13+,14?;7-,8?,9-,10+,11?;5?,7-,8-,9-,12-;6?,7-,8+,9+,10?;6-,7?,8-,9+,10?;5-,6?,7-,8+,9?;5-,6+,7+,8?/m00010000/s1. The van der Waals surface area contributed by atoms with E-state index in [-0.39, 0.29) is 109 Å². The van der Waals surface area contributed by atoms with Crippen molar-refractivity contribution in [3.63, 3.8) is 0 Å². The van der Waals surface area contributed by atoms with E-state index in [2.05, 4.69) is 60.5 Å². The molecule has 39 atom stereocenters. The van der Waals surface area contributed by atoms with Gasteiger partial charge in [0.05, 0.1) is 44.7 Å². The van der Waals surface area contributed by atoms with E-state index in [9.17, 15) is 59.4 Å². The van der Waals surface area contributed by atoms with E-state index in [4.69, 9.17) is 170 Å². The predicted molar refractivity (Wildman–Crippen MR) is 503 cm³/mol. The lowest BCUT2D eigenvalue weighted by Crippen LogP contribution is -2.42. The van der Waals surface area contributed by atoms with Gasteiger partial charge < -0.3 is 180 Å². The monoisotopic (exact) mass is 2100 g/mol. The lowest BCUT2D eigenvalue weighted by Gasteiger charge is -2.27. The maximum atomic E-state index is 11.6. The molecule has 0 amide bonds. The average molecular weight is 2100 g/mol. The van der Waals surface area contributed by atoms with Crippen molar-refractivity contribution >= 4 is 70.1 Å². The van der Waals surface area contributed by atoms with E-state index < -0.39 is 218 Å². The van der Waals surface area contributed by atoms with Crippen molar-refractivity contribution in [1.82, 2.24) is 39.0 Å². The molecule has 15 aliphatic heterocycles. The minimum atomic E-state index is -1.34. The summed E-state index contributed by atoms with van der Waals surface area (Å²) in [6.07, 6.45) is 7.01. The van der Waals surface area contributed by atoms with Gasteiger partial charge in [-0.15, -0.1) is 25.7 Å². The molecule has 0 radical (unpaired) electrons. The first-order valence-corrected chi connectivity index (χ1v) is 48.5. The van der Waals surface area contributed by atoms with Gasteiger partial charge in [-0.2, -0.15) is 0 Å². The molecular formula is C98H140N10O40. The SMILES string of the molecule is C#CC(O)[C@H]1OC2OC(C)(C)O[C@@H]2[C@H]1C.C#CC(O)[C@H]1O[C@@H](n2cnc3c(N)ncnc32)[C@H](O)[C@H]1O.C#CC(OC(C)=O)[C@H]1OC(OC(C)=O)[C@H](OC(C)=O)[C@H]1C.C#CC(OC(C)=O)[C@H]1O[C@@H](n2cnc3c(N)ncnc32)[C@H](OC(C)=O)[C@H]1C.CC1(C)OCC([C@H]2OC3OC(C)(C)O[C@@H]3[C@H]2O)O1.C[C@H]1[C@@H](C(O)CO)OC2OC(C)(C)O[C@@H]21.C[C@H]1[C@@H](C2COC(C)(C)O2)OC2OC(C)(C)O[C@@H]21.C[C@H]1[C@@H](C=O)OC2OC(C)(C)O[C@@H]21. The number of rotatable bonds is 16. The first kappa shape index (κ1) is 117. The first-order valence-electron chi connectivity index (χ1n) is 48.5. The number of hydrogen-bond donors (Lipinski definition) is 9. The smallest absolute Gasteiger partial charge is 0.305 e. The lowest BCUT2D eigenvalue weighted by molar-refractivity contribution is -0.232. The third-order valence-corrected chi connectivity index (χ3v) is 26.4. The van der Waals surface area contributed by atoms with Gasteiger partial charge in [0.25, 0.3) is 0 Å². The molecule has 15 saturated heterocycles. The number of anilines is 2. The topological polar surface area (TPSA) is 632 Å². The summed E-state index contributed by atoms with van der Waals surface area (Å²) in [4.78, 5) is 91.0. The number of terminal acetylenes is 4. The molecule has 0 saturated carbocycles. The zero-order chi connectivity index (χ0) is 109. The van der Waals surface area contributed by atoms with Gasteiger partial charge in [0.15, 0.2) is 132 Å². The van der Waals surface area contributed by atoms with Crippen LogP contribution in [0, 0.1) is 84.9 Å². The molecule has 0 aliphatic carbocycles. The number of aliphatic hydroxyl groups excluding tert-OH is 7. The van der Waals surface area contributed by atoms with Crippen molar-refractivity contribution < 1.29 is 192 Å². The van der Waals surface area contributed by atoms with Crippen LogP contribution in [-0.2, 0) is 157 Å². The number of ether oxygens (including phenoxy) is 27. The Morgan fingerprint density at radius 2 is 0.784 bits per heavy atom. The summed E-state index contributed by atoms with van der Waals surface area (Å²) in [7, 11) is 0. The van der Waals surface area contributed by atoms with Gasteiger partial charge in [-0.25, -0.2) is 29.9 Å². The molecule has 50 heteroatoms. The van der Waals surface area contributed by atoms with Crippen LogP contribution in [0.5, 0.6) is 0 Å². The quantitative estimate of drug-likeness (QED) is 0.0335. The highest BCUT2D eigenvalue weighted by Gasteiger charge is 2.63. The second-order valence-corrected chi connectivity index (χ2v) is 41.1. The maximum Gasteiger partial charge on any atom is 0.305 e. The molecule has 822 valence electrons. The number of esters is 5. The first-order chi connectivity index (χ1) is 69.1. The molecule has 15 fully saturated rings. The van der Waals surface area contributed by atoms with Crippen LogP contribution in [-0.4, -0.2) is 362 Å². The van der Waals surface area contributed by atoms with Gasteiger partial charge in [-0.3, -0.25) is 33.1 Å². The predicted octanol–water partition coefficient (Wildman–Crippen LogP) is 1.94. The second-order valence-electron chi connectivity index (χ2n) is 41.1. The number of nitrogen functional groups attached to an aromatic ring is 2. The van der Waals surface area contributed by atoms with E-state index in [1.165, 1.54) is 64.5 Å². The Hall–Kier alpha value is -9.20. The summed E-state index contributed by atoms with van der Waals surface area (Å²) >= 11 is 0. The Bertz CT molecular complexity index is 5360. The van der Waals surface area contributed by atoms with Crippen LogP contribution in [0.25, 0.3) is 22.3 Å². The van der Waals surface area contributed by atoms with Gasteiger partial charge >= 0.3 is 29.8 Å². The number of aldehydes is 1. The van der Waals surface area contributed by atoms with E-state index in [1.807, 2.05) is 104 Å². The Balaban J connectivity index is 0.000000151. The van der Waals surface area contributed by atoms with E-state index >= 15 is 0 Å². The Morgan fingerprint density at radius 3 is 1.19 bits per heavy atom. The average Bonchev–Trinajstić information content (AvgIpc) is 1.62. The lowest BCUT2D eigenvalue weighted by atomic mass is 9.96. The van der Waals surface area contributed by atoms with Crippen molar-refractivity contribution in [3.8, 4) is 49.4 Å². The van der Waals surface area contributed by atoms with E-state index in [0.717, 1.165) is 6.29 Å². The molecule has 11 N–H and O–H groups in total. The molecule has 0 bridgehead atoms. The van der Waals surface area contributed by atoms with E-state index in [0.29, 0.717) is 35.5 Å². The summed E-state index contributed by atoms with van der Waals surface area (Å²) in [6.45, 7) is 44.3. The molecule has 15 aliphatic rings. The van der Waals surface area contributed by atoms with Gasteiger partial charge in [0.1, 0.15) is 146 Å². The van der Waals surface area contributed by atoms with Crippen LogP contribution in [0.2, 0.25) is 0 Å². The molecule has 19 rings (SSSR count). The molecule has 4 aromatic heterocycles. The molecule has 19 heterocycles. The van der Waals surface area contributed by atoms with Crippen molar-refractivity contribution in [2.75, 3.05) is 31.3 Å². The summed E-state index contributed by atoms with van der Waals surface area (Å²) in [5.41, 5.74) is 13.0. The van der Waals surface area contributed by atoms with E-state index in [1.54, 1.807) is 32.3 Å². The largest absolute Gasteiger partial charge is 0.457 e. The highest BCUT2D eigenvalue weighted by atomic mass is 16.9. The van der Waals surface area contributed by atoms with Crippen LogP contribution >= 0.6 is 0 Å². The number of nitrogens with two attached hydrogens (primary N) is 2. The highest BCUT2D eigenvalue weighted by molar-refractivity contribution is 5.82. The van der Waals surface area contributed by atoms with Gasteiger partial charge in [0, 0.05) is 70.1 Å². The minimum Gasteiger partial charge on any atom is -0.457 e. The normalized spacial score (nSPS) is 38.5. The van der Waals surface area contributed by atoms with Gasteiger partial charge in [-0.1, -0.05) is 65.2 Å². The van der Waals surface area contributed by atoms with Crippen LogP contribution < -0.4 is 11.5 Å². The molecule has 0 spiro atoms. The molecular weight excluding hydrogens is 1960 g/mol. The number of aromatic nitrogens is 8. The van der Waals surface area contributed by atoms with Crippen molar-refractivity contribution in [2.45, 2.75) is 416 Å². The molecule has 4 aromatic rings. The Morgan fingerprint density at radius 1 is 0.405 bits per heavy atom. The molecule has 148 heavy (non-hydrogen) atoms. The number of imidazole rings is 2. The second kappa shape index (κ2) is 47.2. The minimum absolute atomic E-state index is 0.0129. The summed E-state index contributed by atoms with van der Waals surface area (Å²) in [5.74, 6) is 2.06. The number of nitrogens with zero attached hydrogens (tertiary/aromatic N) is 8.